The summed E-state index contributed by atoms with van der Waals surface area (Å²) in [4.78, 5) is 5.48. The first-order chi connectivity index (χ1) is 8.72. The number of fused-ring (bicyclic) bond motifs is 1. The summed E-state index contributed by atoms with van der Waals surface area (Å²) in [6.45, 7) is 0. The molecule has 3 rings (SSSR count). The predicted octanol–water partition coefficient (Wildman–Crippen LogP) is 4.32. The van der Waals surface area contributed by atoms with Crippen LogP contribution in [0.25, 0.3) is 11.1 Å². The van der Waals surface area contributed by atoms with E-state index in [1.165, 1.54) is 11.8 Å². The van der Waals surface area contributed by atoms with Gasteiger partial charge in [-0.2, -0.15) is 0 Å². The average molecular weight is 321 g/mol. The molecule has 90 valence electrons. The summed E-state index contributed by atoms with van der Waals surface area (Å²) in [7, 11) is 0. The molecule has 2 N–H and O–H groups in total. The van der Waals surface area contributed by atoms with Crippen LogP contribution in [-0.2, 0) is 0 Å². The molecule has 3 nitrogen and oxygen atoms in total. The van der Waals surface area contributed by atoms with Gasteiger partial charge in [-0.1, -0.05) is 12.1 Å². The van der Waals surface area contributed by atoms with Crippen molar-refractivity contribution in [3.63, 3.8) is 0 Å². The van der Waals surface area contributed by atoms with Crippen LogP contribution in [0.3, 0.4) is 0 Å². The van der Waals surface area contributed by atoms with Crippen LogP contribution in [0.15, 0.2) is 61.5 Å². The van der Waals surface area contributed by atoms with Crippen LogP contribution in [0, 0.1) is 0 Å². The molecule has 0 aliphatic rings. The van der Waals surface area contributed by atoms with E-state index >= 15 is 0 Å². The van der Waals surface area contributed by atoms with Crippen LogP contribution in [0.4, 0.5) is 5.69 Å². The van der Waals surface area contributed by atoms with Crippen molar-refractivity contribution in [2.24, 2.45) is 0 Å². The van der Waals surface area contributed by atoms with Crippen LogP contribution in [0.2, 0.25) is 0 Å². The largest absolute Gasteiger partial charge is 0.431 e. The summed E-state index contributed by atoms with van der Waals surface area (Å²) in [5.41, 5.74) is 7.92. The molecule has 0 spiro atoms. The number of benzene rings is 2. The van der Waals surface area contributed by atoms with Crippen molar-refractivity contribution in [3.8, 4) is 0 Å². The molecule has 18 heavy (non-hydrogen) atoms. The zero-order valence-corrected chi connectivity index (χ0v) is 11.7. The molecule has 1 aromatic heterocycles. The number of anilines is 1. The van der Waals surface area contributed by atoms with Crippen molar-refractivity contribution in [2.45, 2.75) is 10.1 Å². The van der Waals surface area contributed by atoms with Gasteiger partial charge in [-0.05, 0) is 52.0 Å². The van der Waals surface area contributed by atoms with Crippen molar-refractivity contribution < 1.29 is 4.42 Å². The van der Waals surface area contributed by atoms with E-state index < -0.39 is 0 Å². The number of nitrogen functional groups attached to an aromatic ring is 1. The quantitative estimate of drug-likeness (QED) is 0.714. The number of hydrogen-bond acceptors (Lipinski definition) is 4. The number of hydrogen-bond donors (Lipinski definition) is 1. The fourth-order valence-electron chi connectivity index (χ4n) is 1.59. The summed E-state index contributed by atoms with van der Waals surface area (Å²) in [6.07, 6.45) is 0. The van der Waals surface area contributed by atoms with E-state index in [0.29, 0.717) is 16.5 Å². The van der Waals surface area contributed by atoms with Gasteiger partial charge in [0.1, 0.15) is 5.52 Å². The van der Waals surface area contributed by atoms with E-state index in [0.717, 1.165) is 14.9 Å². The van der Waals surface area contributed by atoms with Crippen molar-refractivity contribution >= 4 is 44.5 Å². The van der Waals surface area contributed by atoms with Crippen LogP contribution >= 0.6 is 27.7 Å². The number of nitrogens with two attached hydrogens (primary N) is 1. The van der Waals surface area contributed by atoms with Crippen LogP contribution in [-0.4, -0.2) is 4.98 Å². The third-order valence-corrected chi connectivity index (χ3v) is 4.31. The summed E-state index contributed by atoms with van der Waals surface area (Å²) in [6, 6.07) is 13.4. The molecule has 0 radical (unpaired) electrons. The smallest absolute Gasteiger partial charge is 0.261 e. The van der Waals surface area contributed by atoms with Gasteiger partial charge in [0.15, 0.2) is 5.58 Å². The summed E-state index contributed by atoms with van der Waals surface area (Å²) >= 11 is 4.98. The minimum Gasteiger partial charge on any atom is -0.431 e. The van der Waals surface area contributed by atoms with Crippen molar-refractivity contribution in [1.82, 2.24) is 4.98 Å². The molecule has 0 bridgehead atoms. The second-order valence-corrected chi connectivity index (χ2v) is 5.59. The SMILES string of the molecule is Nc1ccc2nc(Sc3ccccc3Br)oc2c1. The third-order valence-electron chi connectivity index (χ3n) is 2.43. The van der Waals surface area contributed by atoms with E-state index in [9.17, 15) is 0 Å². The van der Waals surface area contributed by atoms with Crippen molar-refractivity contribution in [1.29, 1.82) is 0 Å². The molecule has 0 saturated heterocycles. The Morgan fingerprint density at radius 2 is 2.00 bits per heavy atom. The number of nitrogens with zero attached hydrogens (tertiary/aromatic N) is 1. The highest BCUT2D eigenvalue weighted by atomic mass is 79.9. The molecule has 0 fully saturated rings. The Kier molecular flexibility index (Phi) is 3.01. The second-order valence-electron chi connectivity index (χ2n) is 3.74. The zero-order valence-electron chi connectivity index (χ0n) is 9.26. The van der Waals surface area contributed by atoms with Gasteiger partial charge in [0.2, 0.25) is 0 Å². The molecule has 2 aromatic carbocycles. The summed E-state index contributed by atoms with van der Waals surface area (Å²) in [5, 5.41) is 0.613. The second kappa shape index (κ2) is 4.66. The monoisotopic (exact) mass is 320 g/mol. The van der Waals surface area contributed by atoms with E-state index in [4.69, 9.17) is 10.2 Å². The molecule has 5 heteroatoms. The van der Waals surface area contributed by atoms with Gasteiger partial charge in [0, 0.05) is 21.1 Å². The Bertz CT molecular complexity index is 711. The Labute approximate surface area is 117 Å². The highest BCUT2D eigenvalue weighted by molar-refractivity contribution is 9.10. The molecule has 0 aliphatic carbocycles. The molecular weight excluding hydrogens is 312 g/mol. The van der Waals surface area contributed by atoms with Crippen LogP contribution in [0.1, 0.15) is 0 Å². The van der Waals surface area contributed by atoms with Crippen LogP contribution in [0.5, 0.6) is 0 Å². The molecule has 1 heterocycles. The predicted molar refractivity (Wildman–Crippen MR) is 76.7 cm³/mol. The molecule has 0 aliphatic heterocycles. The first-order valence-corrected chi connectivity index (χ1v) is 6.92. The van der Waals surface area contributed by atoms with Gasteiger partial charge >= 0.3 is 0 Å². The number of oxazole rings is 1. The third kappa shape index (κ3) is 2.23. The van der Waals surface area contributed by atoms with E-state index in [-0.39, 0.29) is 0 Å². The van der Waals surface area contributed by atoms with E-state index in [1.807, 2.05) is 36.4 Å². The minimum absolute atomic E-state index is 0.613. The van der Waals surface area contributed by atoms with Gasteiger partial charge in [-0.3, -0.25) is 0 Å². The Hall–Kier alpha value is -1.46. The maximum absolute atomic E-state index is 5.71. The number of rotatable bonds is 2. The van der Waals surface area contributed by atoms with Crippen molar-refractivity contribution in [3.05, 3.63) is 46.9 Å². The number of halogens is 1. The summed E-state index contributed by atoms with van der Waals surface area (Å²) < 4.78 is 6.68. The van der Waals surface area contributed by atoms with Gasteiger partial charge < -0.3 is 10.2 Å². The lowest BCUT2D eigenvalue weighted by molar-refractivity contribution is 0.489. The number of aromatic nitrogens is 1. The molecule has 0 saturated carbocycles. The van der Waals surface area contributed by atoms with E-state index in [2.05, 4.69) is 20.9 Å². The lowest BCUT2D eigenvalue weighted by Gasteiger charge is -1.98. The topological polar surface area (TPSA) is 52.0 Å². The highest BCUT2D eigenvalue weighted by Crippen LogP contribution is 2.34. The highest BCUT2D eigenvalue weighted by Gasteiger charge is 2.09. The fourth-order valence-corrected chi connectivity index (χ4v) is 2.89. The first-order valence-electron chi connectivity index (χ1n) is 5.31. The van der Waals surface area contributed by atoms with E-state index in [1.54, 1.807) is 6.07 Å². The Balaban J connectivity index is 1.98. The minimum atomic E-state index is 0.613. The van der Waals surface area contributed by atoms with Gasteiger partial charge in [-0.15, -0.1) is 0 Å². The molecular formula is C13H9BrN2OS. The first kappa shape index (κ1) is 11.6. The normalized spacial score (nSPS) is 10.9. The molecule has 3 aromatic rings. The van der Waals surface area contributed by atoms with Gasteiger partial charge in [-0.25, -0.2) is 4.98 Å². The molecule has 0 unspecified atom stereocenters. The maximum atomic E-state index is 5.71. The van der Waals surface area contributed by atoms with Crippen LogP contribution < -0.4 is 5.73 Å². The lowest BCUT2D eigenvalue weighted by atomic mass is 10.3. The van der Waals surface area contributed by atoms with Crippen molar-refractivity contribution in [2.75, 3.05) is 5.73 Å². The Morgan fingerprint density at radius 3 is 2.83 bits per heavy atom. The lowest BCUT2D eigenvalue weighted by Crippen LogP contribution is -1.81. The fraction of sp³-hybridized carbons (Fsp3) is 0. The standard InChI is InChI=1S/C13H9BrN2OS/c14-9-3-1-2-4-12(9)18-13-16-10-6-5-8(15)7-11(10)17-13/h1-7H,15H2. The average Bonchev–Trinajstić information content (AvgIpc) is 2.73. The Morgan fingerprint density at radius 1 is 1.17 bits per heavy atom. The molecule has 0 atom stereocenters. The van der Waals surface area contributed by atoms with Gasteiger partial charge in [0.05, 0.1) is 0 Å². The molecule has 0 amide bonds. The van der Waals surface area contributed by atoms with Gasteiger partial charge in [0.25, 0.3) is 5.22 Å². The maximum Gasteiger partial charge on any atom is 0.261 e. The summed E-state index contributed by atoms with van der Waals surface area (Å²) in [5.74, 6) is 0. The zero-order chi connectivity index (χ0) is 12.5.